The Kier molecular flexibility index (Phi) is 3.88. The smallest absolute Gasteiger partial charge is 0.258 e. The number of carbonyl (C=O) groups is 1. The normalized spacial score (nSPS) is 25.8. The molecule has 0 unspecified atom stereocenters. The lowest BCUT2D eigenvalue weighted by Crippen LogP contribution is -2.58. The molecule has 126 valence electrons. The topological polar surface area (TPSA) is 60.3 Å². The number of amides is 1. The molecule has 5 heteroatoms. The first-order valence-corrected chi connectivity index (χ1v) is 8.61. The molecule has 2 fully saturated rings. The van der Waals surface area contributed by atoms with Crippen molar-refractivity contribution in [2.24, 2.45) is 13.0 Å². The van der Waals surface area contributed by atoms with Crippen molar-refractivity contribution in [1.29, 1.82) is 0 Å². The summed E-state index contributed by atoms with van der Waals surface area (Å²) in [5.41, 5.74) is 0.858. The number of aromatic nitrogens is 1. The van der Waals surface area contributed by atoms with Crippen molar-refractivity contribution in [2.75, 3.05) is 6.61 Å². The van der Waals surface area contributed by atoms with E-state index in [1.807, 2.05) is 24.3 Å². The van der Waals surface area contributed by atoms with Crippen molar-refractivity contribution < 1.29 is 9.53 Å². The Balaban J connectivity index is 1.51. The second-order valence-electron chi connectivity index (χ2n) is 6.92. The van der Waals surface area contributed by atoms with Gasteiger partial charge in [0, 0.05) is 37.2 Å². The number of rotatable bonds is 3. The summed E-state index contributed by atoms with van der Waals surface area (Å²) in [6, 6.07) is 7.72. The lowest BCUT2D eigenvalue weighted by molar-refractivity contribution is -0.131. The van der Waals surface area contributed by atoms with E-state index < -0.39 is 0 Å². The van der Waals surface area contributed by atoms with E-state index in [1.54, 1.807) is 17.8 Å². The second kappa shape index (κ2) is 6.06. The van der Waals surface area contributed by atoms with Crippen LogP contribution in [0.5, 0.6) is 0 Å². The Hall–Kier alpha value is -2.14. The van der Waals surface area contributed by atoms with Gasteiger partial charge in [0.1, 0.15) is 0 Å². The Morgan fingerprint density at radius 1 is 1.33 bits per heavy atom. The number of benzene rings is 1. The SMILES string of the molecule is Cn1cc(CC(=O)N[C@@H]2C[C@@H]3OCCC[C@@H]32)c2ccccc2c1=O. The number of ether oxygens (including phenoxy) is 1. The van der Waals surface area contributed by atoms with Crippen molar-refractivity contribution >= 4 is 16.7 Å². The summed E-state index contributed by atoms with van der Waals surface area (Å²) in [4.78, 5) is 24.7. The summed E-state index contributed by atoms with van der Waals surface area (Å²) in [6.45, 7) is 0.853. The number of nitrogens with one attached hydrogen (secondary N) is 1. The lowest BCUT2D eigenvalue weighted by Gasteiger charge is -2.47. The van der Waals surface area contributed by atoms with Gasteiger partial charge in [0.05, 0.1) is 12.5 Å². The molecule has 1 aliphatic heterocycles. The Morgan fingerprint density at radius 2 is 2.12 bits per heavy atom. The van der Waals surface area contributed by atoms with Gasteiger partial charge in [0.2, 0.25) is 5.91 Å². The van der Waals surface area contributed by atoms with E-state index in [0.29, 0.717) is 23.8 Å². The molecule has 5 nitrogen and oxygen atoms in total. The van der Waals surface area contributed by atoms with Crippen LogP contribution in [-0.4, -0.2) is 29.2 Å². The molecule has 0 spiro atoms. The predicted octanol–water partition coefficient (Wildman–Crippen LogP) is 1.76. The first-order chi connectivity index (χ1) is 11.6. The molecular weight excluding hydrogens is 304 g/mol. The van der Waals surface area contributed by atoms with E-state index in [4.69, 9.17) is 4.74 Å². The first-order valence-electron chi connectivity index (χ1n) is 8.61. The molecule has 2 heterocycles. The standard InChI is InChI=1S/C19H22N2O3/c1-21-11-12(13-5-2-3-6-14(13)19(21)23)9-18(22)20-16-10-17-15(16)7-4-8-24-17/h2-3,5-6,11,15-17H,4,7-10H2,1H3,(H,20,22)/t15-,16-,17+/m1/s1. The van der Waals surface area contributed by atoms with Crippen LogP contribution in [0, 0.1) is 5.92 Å². The summed E-state index contributed by atoms with van der Waals surface area (Å²) in [7, 11) is 1.73. The minimum absolute atomic E-state index is 0.0211. The highest BCUT2D eigenvalue weighted by Gasteiger charge is 2.43. The van der Waals surface area contributed by atoms with Crippen LogP contribution in [0.3, 0.4) is 0 Å². The van der Waals surface area contributed by atoms with Crippen LogP contribution in [0.1, 0.15) is 24.8 Å². The number of carbonyl (C=O) groups excluding carboxylic acids is 1. The van der Waals surface area contributed by atoms with Crippen molar-refractivity contribution in [2.45, 2.75) is 37.8 Å². The molecule has 24 heavy (non-hydrogen) atoms. The third-order valence-corrected chi connectivity index (χ3v) is 5.36. The van der Waals surface area contributed by atoms with Gasteiger partial charge in [-0.25, -0.2) is 0 Å². The molecule has 1 aromatic heterocycles. The fourth-order valence-electron chi connectivity index (χ4n) is 4.03. The van der Waals surface area contributed by atoms with Crippen LogP contribution in [0.4, 0.5) is 0 Å². The van der Waals surface area contributed by atoms with Gasteiger partial charge in [-0.05, 0) is 36.3 Å². The first kappa shape index (κ1) is 15.4. The number of aryl methyl sites for hydroxylation is 1. The van der Waals surface area contributed by atoms with Crippen LogP contribution in [0.25, 0.3) is 10.8 Å². The summed E-state index contributed by atoms with van der Waals surface area (Å²) < 4.78 is 7.26. The van der Waals surface area contributed by atoms with Crippen LogP contribution in [0.2, 0.25) is 0 Å². The molecule has 0 bridgehead atoms. The zero-order valence-electron chi connectivity index (χ0n) is 13.8. The van der Waals surface area contributed by atoms with Crippen molar-refractivity contribution in [3.05, 3.63) is 46.4 Å². The maximum Gasteiger partial charge on any atom is 0.258 e. The predicted molar refractivity (Wildman–Crippen MR) is 91.9 cm³/mol. The van der Waals surface area contributed by atoms with Gasteiger partial charge in [-0.15, -0.1) is 0 Å². The number of hydrogen-bond donors (Lipinski definition) is 1. The summed E-state index contributed by atoms with van der Waals surface area (Å²) in [5.74, 6) is 0.493. The molecule has 1 aliphatic carbocycles. The fraction of sp³-hybridized carbons (Fsp3) is 0.474. The van der Waals surface area contributed by atoms with E-state index in [2.05, 4.69) is 5.32 Å². The summed E-state index contributed by atoms with van der Waals surface area (Å²) in [6.07, 6.45) is 5.55. The summed E-state index contributed by atoms with van der Waals surface area (Å²) in [5, 5.41) is 4.68. The largest absolute Gasteiger partial charge is 0.378 e. The number of pyridine rings is 1. The Labute approximate surface area is 140 Å². The number of fused-ring (bicyclic) bond motifs is 2. The highest BCUT2D eigenvalue weighted by molar-refractivity contribution is 5.89. The monoisotopic (exact) mass is 326 g/mol. The molecule has 2 aromatic rings. The van der Waals surface area contributed by atoms with Crippen LogP contribution in [0.15, 0.2) is 35.3 Å². The van der Waals surface area contributed by atoms with E-state index in [0.717, 1.165) is 36.8 Å². The zero-order chi connectivity index (χ0) is 16.7. The minimum Gasteiger partial charge on any atom is -0.378 e. The van der Waals surface area contributed by atoms with Crippen molar-refractivity contribution in [3.8, 4) is 0 Å². The van der Waals surface area contributed by atoms with E-state index in [9.17, 15) is 9.59 Å². The van der Waals surface area contributed by atoms with Gasteiger partial charge in [-0.1, -0.05) is 18.2 Å². The highest BCUT2D eigenvalue weighted by atomic mass is 16.5. The quantitative estimate of drug-likeness (QED) is 0.935. The molecule has 1 aromatic carbocycles. The van der Waals surface area contributed by atoms with Crippen molar-refractivity contribution in [3.63, 3.8) is 0 Å². The molecule has 4 rings (SSSR count). The fourth-order valence-corrected chi connectivity index (χ4v) is 4.03. The molecule has 3 atom stereocenters. The molecule has 1 saturated carbocycles. The zero-order valence-corrected chi connectivity index (χ0v) is 13.8. The molecule has 0 radical (unpaired) electrons. The number of hydrogen-bond acceptors (Lipinski definition) is 3. The van der Waals surface area contributed by atoms with Gasteiger partial charge in [0.25, 0.3) is 5.56 Å². The molecule has 2 aliphatic rings. The van der Waals surface area contributed by atoms with Crippen LogP contribution in [-0.2, 0) is 23.0 Å². The van der Waals surface area contributed by atoms with E-state index in [1.165, 1.54) is 0 Å². The Bertz CT molecular complexity index is 842. The van der Waals surface area contributed by atoms with Crippen LogP contribution >= 0.6 is 0 Å². The Morgan fingerprint density at radius 3 is 2.92 bits per heavy atom. The third-order valence-electron chi connectivity index (χ3n) is 5.36. The van der Waals surface area contributed by atoms with Gasteiger partial charge in [-0.2, -0.15) is 0 Å². The maximum atomic E-state index is 12.5. The molecule has 1 amide bonds. The van der Waals surface area contributed by atoms with Gasteiger partial charge in [0.15, 0.2) is 0 Å². The van der Waals surface area contributed by atoms with E-state index >= 15 is 0 Å². The van der Waals surface area contributed by atoms with Crippen LogP contribution < -0.4 is 10.9 Å². The summed E-state index contributed by atoms with van der Waals surface area (Å²) >= 11 is 0. The second-order valence-corrected chi connectivity index (χ2v) is 6.92. The molecular formula is C19H22N2O3. The average Bonchev–Trinajstić information content (AvgIpc) is 2.57. The minimum atomic E-state index is -0.0315. The maximum absolute atomic E-state index is 12.5. The van der Waals surface area contributed by atoms with Gasteiger partial charge < -0.3 is 14.6 Å². The average molecular weight is 326 g/mol. The molecule has 1 N–H and O–H groups in total. The van der Waals surface area contributed by atoms with Gasteiger partial charge >= 0.3 is 0 Å². The lowest BCUT2D eigenvalue weighted by atomic mass is 9.72. The highest BCUT2D eigenvalue weighted by Crippen LogP contribution is 2.37. The molecule has 1 saturated heterocycles. The van der Waals surface area contributed by atoms with Crippen molar-refractivity contribution in [1.82, 2.24) is 9.88 Å². The number of nitrogens with zero attached hydrogens (tertiary/aromatic N) is 1. The van der Waals surface area contributed by atoms with Gasteiger partial charge in [-0.3, -0.25) is 9.59 Å². The third kappa shape index (κ3) is 2.63. The van der Waals surface area contributed by atoms with E-state index in [-0.39, 0.29) is 17.5 Å².